The van der Waals surface area contributed by atoms with E-state index >= 15 is 0 Å². The summed E-state index contributed by atoms with van der Waals surface area (Å²) in [6.07, 6.45) is 0. The highest BCUT2D eigenvalue weighted by molar-refractivity contribution is 6.35. The van der Waals surface area contributed by atoms with Gasteiger partial charge in [-0.2, -0.15) is 0 Å². The molecule has 140 valence electrons. The lowest BCUT2D eigenvalue weighted by molar-refractivity contribution is -0.114. The van der Waals surface area contributed by atoms with Gasteiger partial charge in [0.1, 0.15) is 5.69 Å². The number of para-hydroxylation sites is 1. The summed E-state index contributed by atoms with van der Waals surface area (Å²) in [6.45, 7) is 1.75. The summed E-state index contributed by atoms with van der Waals surface area (Å²) in [5.41, 5.74) is 1.95. The molecule has 3 rings (SSSR count). The van der Waals surface area contributed by atoms with Gasteiger partial charge < -0.3 is 10.6 Å². The molecule has 0 aliphatic rings. The lowest BCUT2D eigenvalue weighted by Crippen LogP contribution is -2.26. The first-order valence-electron chi connectivity index (χ1n) is 8.20. The number of nitrogens with zero attached hydrogens (tertiary/aromatic N) is 2. The molecule has 2 aromatic carbocycles. The van der Waals surface area contributed by atoms with E-state index in [1.165, 1.54) is 4.68 Å². The van der Waals surface area contributed by atoms with Crippen molar-refractivity contribution in [3.05, 3.63) is 74.6 Å². The van der Waals surface area contributed by atoms with E-state index < -0.39 is 0 Å². The van der Waals surface area contributed by atoms with Crippen molar-refractivity contribution >= 4 is 40.5 Å². The number of benzene rings is 2. The number of halogens is 2. The normalized spacial score (nSPS) is 10.7. The van der Waals surface area contributed by atoms with E-state index in [4.69, 9.17) is 23.2 Å². The van der Waals surface area contributed by atoms with Crippen LogP contribution in [-0.2, 0) is 11.8 Å². The van der Waals surface area contributed by atoms with E-state index in [0.717, 1.165) is 5.69 Å². The molecule has 1 heterocycles. The molecule has 8 heteroatoms. The van der Waals surface area contributed by atoms with Crippen LogP contribution in [0, 0.1) is 6.92 Å². The third kappa shape index (κ3) is 4.18. The Morgan fingerprint density at radius 3 is 2.33 bits per heavy atom. The van der Waals surface area contributed by atoms with Crippen molar-refractivity contribution in [2.75, 3.05) is 17.2 Å². The number of carbonyl (C=O) groups is 1. The minimum Gasteiger partial charge on any atom is -0.376 e. The topological polar surface area (TPSA) is 68.1 Å². The maximum atomic E-state index is 12.8. The molecule has 0 unspecified atom stereocenters. The second-order valence-corrected chi connectivity index (χ2v) is 6.87. The minimum absolute atomic E-state index is 0.0320. The Morgan fingerprint density at radius 1 is 1.07 bits per heavy atom. The van der Waals surface area contributed by atoms with Crippen LogP contribution in [0.25, 0.3) is 5.69 Å². The van der Waals surface area contributed by atoms with Crippen LogP contribution < -0.4 is 16.2 Å². The third-order valence-corrected chi connectivity index (χ3v) is 4.57. The van der Waals surface area contributed by atoms with E-state index in [-0.39, 0.29) is 23.7 Å². The number of anilines is 2. The van der Waals surface area contributed by atoms with Crippen LogP contribution in [0.2, 0.25) is 10.0 Å². The lowest BCUT2D eigenvalue weighted by atomic mass is 10.3. The molecule has 27 heavy (non-hydrogen) atoms. The van der Waals surface area contributed by atoms with E-state index in [2.05, 4.69) is 10.6 Å². The average molecular weight is 405 g/mol. The molecule has 1 amide bonds. The summed E-state index contributed by atoms with van der Waals surface area (Å²) in [5, 5.41) is 6.56. The first-order chi connectivity index (χ1) is 12.9. The van der Waals surface area contributed by atoms with Crippen LogP contribution >= 0.6 is 23.2 Å². The zero-order valence-corrected chi connectivity index (χ0v) is 16.3. The standard InChI is InChI=1S/C19H18Cl2N4O2/c1-12-18(19(27)25(24(12)2)16-6-4-3-5-7-16)23-17(26)11-22-15-9-13(20)8-14(21)10-15/h3-10,22H,11H2,1-2H3,(H,23,26). The van der Waals surface area contributed by atoms with Crippen molar-refractivity contribution in [2.24, 2.45) is 7.05 Å². The molecule has 0 spiro atoms. The Labute approximate surface area is 166 Å². The number of hydrogen-bond acceptors (Lipinski definition) is 3. The Balaban J connectivity index is 1.77. The van der Waals surface area contributed by atoms with Crippen molar-refractivity contribution in [3.63, 3.8) is 0 Å². The molecule has 0 radical (unpaired) electrons. The molecule has 3 aromatic rings. The van der Waals surface area contributed by atoms with Crippen molar-refractivity contribution in [1.29, 1.82) is 0 Å². The highest BCUT2D eigenvalue weighted by atomic mass is 35.5. The van der Waals surface area contributed by atoms with Gasteiger partial charge in [0.2, 0.25) is 5.91 Å². The number of nitrogens with one attached hydrogen (secondary N) is 2. The van der Waals surface area contributed by atoms with Gasteiger partial charge in [0, 0.05) is 22.8 Å². The number of rotatable bonds is 5. The fourth-order valence-electron chi connectivity index (χ4n) is 2.73. The fraction of sp³-hybridized carbons (Fsp3) is 0.158. The van der Waals surface area contributed by atoms with Gasteiger partial charge in [-0.3, -0.25) is 14.3 Å². The van der Waals surface area contributed by atoms with Gasteiger partial charge in [0.15, 0.2) is 0 Å². The van der Waals surface area contributed by atoms with Gasteiger partial charge in [0.25, 0.3) is 5.56 Å². The molecule has 1 aromatic heterocycles. The molecule has 0 aliphatic heterocycles. The van der Waals surface area contributed by atoms with Gasteiger partial charge >= 0.3 is 0 Å². The second kappa shape index (κ2) is 7.90. The molecule has 0 saturated heterocycles. The Bertz CT molecular complexity index is 1020. The van der Waals surface area contributed by atoms with E-state index in [1.54, 1.807) is 36.9 Å². The predicted octanol–water partition coefficient (Wildman–Crippen LogP) is 3.84. The SMILES string of the molecule is Cc1c(NC(=O)CNc2cc(Cl)cc(Cl)c2)c(=O)n(-c2ccccc2)n1C. The summed E-state index contributed by atoms with van der Waals surface area (Å²) >= 11 is 11.9. The second-order valence-electron chi connectivity index (χ2n) is 6.00. The van der Waals surface area contributed by atoms with Crippen LogP contribution in [0.3, 0.4) is 0 Å². The smallest absolute Gasteiger partial charge is 0.295 e. The summed E-state index contributed by atoms with van der Waals surface area (Å²) in [5.74, 6) is -0.350. The van der Waals surface area contributed by atoms with Crippen LogP contribution in [-0.4, -0.2) is 21.8 Å². The first kappa shape index (κ1) is 19.1. The number of hydrogen-bond donors (Lipinski definition) is 2. The highest BCUT2D eigenvalue weighted by Crippen LogP contribution is 2.22. The predicted molar refractivity (Wildman–Crippen MR) is 109 cm³/mol. The summed E-state index contributed by atoms with van der Waals surface area (Å²) < 4.78 is 3.21. The Kier molecular flexibility index (Phi) is 5.58. The zero-order valence-electron chi connectivity index (χ0n) is 14.8. The van der Waals surface area contributed by atoms with Crippen LogP contribution in [0.4, 0.5) is 11.4 Å². The maximum absolute atomic E-state index is 12.8. The van der Waals surface area contributed by atoms with Crippen LogP contribution in [0.1, 0.15) is 5.69 Å². The first-order valence-corrected chi connectivity index (χ1v) is 8.96. The molecule has 0 bridgehead atoms. The molecule has 6 nitrogen and oxygen atoms in total. The van der Waals surface area contributed by atoms with E-state index in [1.807, 2.05) is 30.3 Å². The minimum atomic E-state index is -0.350. The average Bonchev–Trinajstić information content (AvgIpc) is 2.83. The maximum Gasteiger partial charge on any atom is 0.295 e. The van der Waals surface area contributed by atoms with Crippen molar-refractivity contribution < 1.29 is 4.79 Å². The van der Waals surface area contributed by atoms with Crippen LogP contribution in [0.15, 0.2) is 53.3 Å². The molecule has 0 saturated carbocycles. The molecular formula is C19H18Cl2N4O2. The zero-order chi connectivity index (χ0) is 19.6. The Morgan fingerprint density at radius 2 is 1.70 bits per heavy atom. The fourth-order valence-corrected chi connectivity index (χ4v) is 3.26. The van der Waals surface area contributed by atoms with Crippen molar-refractivity contribution in [3.8, 4) is 5.69 Å². The summed E-state index contributed by atoms with van der Waals surface area (Å²) in [7, 11) is 1.77. The molecule has 0 atom stereocenters. The van der Waals surface area contributed by atoms with Crippen LogP contribution in [0.5, 0.6) is 0 Å². The van der Waals surface area contributed by atoms with Crippen molar-refractivity contribution in [2.45, 2.75) is 6.92 Å². The van der Waals surface area contributed by atoms with Gasteiger partial charge in [-0.15, -0.1) is 0 Å². The monoisotopic (exact) mass is 404 g/mol. The molecule has 0 fully saturated rings. The third-order valence-electron chi connectivity index (χ3n) is 4.13. The highest BCUT2D eigenvalue weighted by Gasteiger charge is 2.17. The quantitative estimate of drug-likeness (QED) is 0.678. The number of amides is 1. The van der Waals surface area contributed by atoms with E-state index in [9.17, 15) is 9.59 Å². The number of aromatic nitrogens is 2. The van der Waals surface area contributed by atoms with Gasteiger partial charge in [-0.1, -0.05) is 41.4 Å². The lowest BCUT2D eigenvalue weighted by Gasteiger charge is -2.08. The van der Waals surface area contributed by atoms with Gasteiger partial charge in [-0.05, 0) is 37.3 Å². The number of carbonyl (C=O) groups excluding carboxylic acids is 1. The largest absolute Gasteiger partial charge is 0.376 e. The molecular weight excluding hydrogens is 387 g/mol. The molecule has 0 aliphatic carbocycles. The summed E-state index contributed by atoms with van der Waals surface area (Å²) in [4.78, 5) is 25.1. The van der Waals surface area contributed by atoms with Gasteiger partial charge in [-0.25, -0.2) is 4.68 Å². The Hall–Kier alpha value is -2.70. The summed E-state index contributed by atoms with van der Waals surface area (Å²) in [6, 6.07) is 14.2. The molecule has 2 N–H and O–H groups in total. The van der Waals surface area contributed by atoms with Crippen molar-refractivity contribution in [1.82, 2.24) is 9.36 Å². The van der Waals surface area contributed by atoms with E-state index in [0.29, 0.717) is 21.4 Å². The van der Waals surface area contributed by atoms with Gasteiger partial charge in [0.05, 0.1) is 17.9 Å².